The van der Waals surface area contributed by atoms with Crippen LogP contribution in [0, 0.1) is 5.92 Å². The van der Waals surface area contributed by atoms with Crippen LogP contribution in [-0.4, -0.2) is 29.9 Å². The SMILES string of the molecule is CCCC(C)(N)C(=O)N(C)CC1CCCCC1. The predicted octanol–water partition coefficient (Wildman–Crippen LogP) is 2.54. The van der Waals surface area contributed by atoms with Crippen molar-refractivity contribution in [2.45, 2.75) is 64.3 Å². The number of likely N-dealkylation sites (N-methyl/N-ethyl adjacent to an activating group) is 1. The van der Waals surface area contributed by atoms with Gasteiger partial charge in [-0.2, -0.15) is 0 Å². The minimum absolute atomic E-state index is 0.102. The van der Waals surface area contributed by atoms with Gasteiger partial charge in [-0.25, -0.2) is 0 Å². The molecule has 1 fully saturated rings. The Kier molecular flexibility index (Phi) is 5.44. The molecule has 0 bridgehead atoms. The number of carbonyl (C=O) groups is 1. The van der Waals surface area contributed by atoms with Gasteiger partial charge in [0, 0.05) is 13.6 Å². The van der Waals surface area contributed by atoms with Crippen molar-refractivity contribution >= 4 is 5.91 Å². The van der Waals surface area contributed by atoms with E-state index in [1.54, 1.807) is 0 Å². The fraction of sp³-hybridized carbons (Fsp3) is 0.929. The molecule has 0 saturated heterocycles. The predicted molar refractivity (Wildman–Crippen MR) is 71.7 cm³/mol. The molecule has 1 unspecified atom stereocenters. The van der Waals surface area contributed by atoms with Gasteiger partial charge in [0.1, 0.15) is 0 Å². The van der Waals surface area contributed by atoms with Crippen LogP contribution in [0.25, 0.3) is 0 Å². The summed E-state index contributed by atoms with van der Waals surface area (Å²) in [5.74, 6) is 0.792. The smallest absolute Gasteiger partial charge is 0.242 e. The van der Waals surface area contributed by atoms with Gasteiger partial charge in [-0.15, -0.1) is 0 Å². The lowest BCUT2D eigenvalue weighted by atomic mass is 9.88. The van der Waals surface area contributed by atoms with Crippen LogP contribution in [-0.2, 0) is 4.79 Å². The van der Waals surface area contributed by atoms with E-state index in [2.05, 4.69) is 6.92 Å². The molecular formula is C14H28N2O. The van der Waals surface area contributed by atoms with Crippen LogP contribution >= 0.6 is 0 Å². The van der Waals surface area contributed by atoms with E-state index in [0.717, 1.165) is 19.4 Å². The van der Waals surface area contributed by atoms with Crippen LogP contribution in [0.2, 0.25) is 0 Å². The zero-order valence-electron chi connectivity index (χ0n) is 11.7. The minimum atomic E-state index is -0.682. The van der Waals surface area contributed by atoms with E-state index in [1.807, 2.05) is 18.9 Å². The highest BCUT2D eigenvalue weighted by molar-refractivity contribution is 5.85. The zero-order valence-corrected chi connectivity index (χ0v) is 11.7. The van der Waals surface area contributed by atoms with Crippen molar-refractivity contribution in [1.82, 2.24) is 4.90 Å². The average molecular weight is 240 g/mol. The highest BCUT2D eigenvalue weighted by Crippen LogP contribution is 2.24. The van der Waals surface area contributed by atoms with Crippen LogP contribution in [0.1, 0.15) is 58.8 Å². The summed E-state index contributed by atoms with van der Waals surface area (Å²) >= 11 is 0. The lowest BCUT2D eigenvalue weighted by Gasteiger charge is -2.32. The zero-order chi connectivity index (χ0) is 12.9. The standard InChI is InChI=1S/C14H28N2O/c1-4-10-14(2,15)13(17)16(3)11-12-8-6-5-7-9-12/h12H,4-11,15H2,1-3H3. The van der Waals surface area contributed by atoms with Crippen molar-refractivity contribution in [3.05, 3.63) is 0 Å². The summed E-state index contributed by atoms with van der Waals surface area (Å²) in [6.45, 7) is 4.81. The Labute approximate surface area is 106 Å². The number of hydrogen-bond acceptors (Lipinski definition) is 2. The Balaban J connectivity index is 2.45. The molecule has 3 nitrogen and oxygen atoms in total. The summed E-state index contributed by atoms with van der Waals surface area (Å²) in [5, 5.41) is 0. The van der Waals surface area contributed by atoms with Gasteiger partial charge in [-0.3, -0.25) is 4.79 Å². The summed E-state index contributed by atoms with van der Waals surface area (Å²) in [7, 11) is 1.90. The first-order valence-electron chi connectivity index (χ1n) is 7.02. The molecule has 0 aromatic carbocycles. The van der Waals surface area contributed by atoms with E-state index >= 15 is 0 Å². The summed E-state index contributed by atoms with van der Waals surface area (Å²) in [6.07, 6.45) is 8.26. The molecule has 1 aliphatic rings. The van der Waals surface area contributed by atoms with Crippen LogP contribution in [0.5, 0.6) is 0 Å². The van der Waals surface area contributed by atoms with Gasteiger partial charge in [0.15, 0.2) is 0 Å². The second kappa shape index (κ2) is 6.39. The Bertz CT molecular complexity index is 245. The van der Waals surface area contributed by atoms with E-state index in [9.17, 15) is 4.79 Å². The molecule has 1 aliphatic carbocycles. The number of carbonyl (C=O) groups excluding carboxylic acids is 1. The second-order valence-corrected chi connectivity index (χ2v) is 5.86. The molecule has 1 saturated carbocycles. The number of nitrogens with zero attached hydrogens (tertiary/aromatic N) is 1. The van der Waals surface area contributed by atoms with Crippen molar-refractivity contribution in [1.29, 1.82) is 0 Å². The first-order chi connectivity index (χ1) is 7.97. The maximum absolute atomic E-state index is 12.2. The average Bonchev–Trinajstić information content (AvgIpc) is 2.29. The van der Waals surface area contributed by atoms with Crippen LogP contribution in [0.15, 0.2) is 0 Å². The highest BCUT2D eigenvalue weighted by atomic mass is 16.2. The van der Waals surface area contributed by atoms with Crippen LogP contribution < -0.4 is 5.73 Å². The number of amides is 1. The molecule has 1 atom stereocenters. The van der Waals surface area contributed by atoms with Gasteiger partial charge in [-0.05, 0) is 32.1 Å². The maximum Gasteiger partial charge on any atom is 0.242 e. The van der Waals surface area contributed by atoms with E-state index < -0.39 is 5.54 Å². The molecule has 0 aliphatic heterocycles. The number of hydrogen-bond donors (Lipinski definition) is 1. The van der Waals surface area contributed by atoms with E-state index in [1.165, 1.54) is 32.1 Å². The molecule has 1 rings (SSSR count). The number of rotatable bonds is 5. The Morgan fingerprint density at radius 3 is 2.47 bits per heavy atom. The van der Waals surface area contributed by atoms with Gasteiger partial charge < -0.3 is 10.6 Å². The summed E-state index contributed by atoms with van der Waals surface area (Å²) in [5.41, 5.74) is 5.40. The lowest BCUT2D eigenvalue weighted by molar-refractivity contribution is -0.136. The normalized spacial score (nSPS) is 20.9. The van der Waals surface area contributed by atoms with E-state index in [0.29, 0.717) is 5.92 Å². The third-order valence-corrected chi connectivity index (χ3v) is 3.86. The quantitative estimate of drug-likeness (QED) is 0.802. The molecule has 100 valence electrons. The Morgan fingerprint density at radius 1 is 1.35 bits per heavy atom. The summed E-state index contributed by atoms with van der Waals surface area (Å²) in [4.78, 5) is 14.1. The largest absolute Gasteiger partial charge is 0.344 e. The molecule has 1 amide bonds. The lowest BCUT2D eigenvalue weighted by Crippen LogP contribution is -2.53. The highest BCUT2D eigenvalue weighted by Gasteiger charge is 2.31. The second-order valence-electron chi connectivity index (χ2n) is 5.86. The first-order valence-corrected chi connectivity index (χ1v) is 7.02. The minimum Gasteiger partial charge on any atom is -0.344 e. The molecule has 0 aromatic heterocycles. The fourth-order valence-corrected chi connectivity index (χ4v) is 2.90. The van der Waals surface area contributed by atoms with Crippen molar-refractivity contribution in [2.75, 3.05) is 13.6 Å². The molecule has 0 heterocycles. The van der Waals surface area contributed by atoms with Gasteiger partial charge in [0.05, 0.1) is 5.54 Å². The fourth-order valence-electron chi connectivity index (χ4n) is 2.90. The van der Waals surface area contributed by atoms with Crippen molar-refractivity contribution < 1.29 is 4.79 Å². The summed E-state index contributed by atoms with van der Waals surface area (Å²) in [6, 6.07) is 0. The molecule has 2 N–H and O–H groups in total. The van der Waals surface area contributed by atoms with Gasteiger partial charge in [0.2, 0.25) is 5.91 Å². The molecule has 3 heteroatoms. The van der Waals surface area contributed by atoms with Crippen molar-refractivity contribution in [3.8, 4) is 0 Å². The maximum atomic E-state index is 12.2. The number of nitrogens with two attached hydrogens (primary N) is 1. The Morgan fingerprint density at radius 2 is 1.94 bits per heavy atom. The van der Waals surface area contributed by atoms with Crippen LogP contribution in [0.4, 0.5) is 0 Å². The molecular weight excluding hydrogens is 212 g/mol. The van der Waals surface area contributed by atoms with Gasteiger partial charge in [0.25, 0.3) is 0 Å². The summed E-state index contributed by atoms with van der Waals surface area (Å²) < 4.78 is 0. The van der Waals surface area contributed by atoms with Gasteiger partial charge in [-0.1, -0.05) is 32.6 Å². The van der Waals surface area contributed by atoms with Crippen molar-refractivity contribution in [2.24, 2.45) is 11.7 Å². The molecule has 0 aromatic rings. The van der Waals surface area contributed by atoms with E-state index in [-0.39, 0.29) is 5.91 Å². The molecule has 0 radical (unpaired) electrons. The monoisotopic (exact) mass is 240 g/mol. The molecule has 17 heavy (non-hydrogen) atoms. The van der Waals surface area contributed by atoms with Gasteiger partial charge >= 0.3 is 0 Å². The molecule has 0 spiro atoms. The third-order valence-electron chi connectivity index (χ3n) is 3.86. The first kappa shape index (κ1) is 14.5. The Hall–Kier alpha value is -0.570. The topological polar surface area (TPSA) is 46.3 Å². The van der Waals surface area contributed by atoms with Crippen LogP contribution in [0.3, 0.4) is 0 Å². The van der Waals surface area contributed by atoms with E-state index in [4.69, 9.17) is 5.73 Å². The third kappa shape index (κ3) is 4.30. The van der Waals surface area contributed by atoms with Crippen molar-refractivity contribution in [3.63, 3.8) is 0 Å².